The number of hydrogen-bond acceptors (Lipinski definition) is 3. The quantitative estimate of drug-likeness (QED) is 0.868. The summed E-state index contributed by atoms with van der Waals surface area (Å²) in [6, 6.07) is 5.94. The SMILES string of the molecule is CC(NC1CCN(C2CC2)CC1)c1ccco1. The van der Waals surface area contributed by atoms with E-state index >= 15 is 0 Å². The molecular weight excluding hydrogens is 212 g/mol. The lowest BCUT2D eigenvalue weighted by Gasteiger charge is -2.33. The Balaban J connectivity index is 1.46. The maximum atomic E-state index is 5.43. The van der Waals surface area contributed by atoms with Crippen molar-refractivity contribution in [3.63, 3.8) is 0 Å². The highest BCUT2D eigenvalue weighted by atomic mass is 16.3. The Bertz CT molecular complexity index is 337. The zero-order chi connectivity index (χ0) is 11.7. The Morgan fingerprint density at radius 3 is 2.65 bits per heavy atom. The second kappa shape index (κ2) is 4.83. The number of nitrogens with zero attached hydrogens (tertiary/aromatic N) is 1. The van der Waals surface area contributed by atoms with Gasteiger partial charge in [0.1, 0.15) is 5.76 Å². The maximum absolute atomic E-state index is 5.43. The summed E-state index contributed by atoms with van der Waals surface area (Å²) in [4.78, 5) is 2.66. The molecule has 94 valence electrons. The van der Waals surface area contributed by atoms with E-state index in [1.807, 2.05) is 6.07 Å². The molecule has 1 N–H and O–H groups in total. The third-order valence-corrected chi connectivity index (χ3v) is 4.05. The van der Waals surface area contributed by atoms with Gasteiger partial charge in [-0.3, -0.25) is 0 Å². The van der Waals surface area contributed by atoms with Crippen LogP contribution in [0, 0.1) is 0 Å². The summed E-state index contributed by atoms with van der Waals surface area (Å²) in [5.74, 6) is 1.05. The van der Waals surface area contributed by atoms with Crippen molar-refractivity contribution in [2.75, 3.05) is 13.1 Å². The van der Waals surface area contributed by atoms with Gasteiger partial charge in [-0.2, -0.15) is 0 Å². The van der Waals surface area contributed by atoms with Gasteiger partial charge in [-0.25, -0.2) is 0 Å². The molecule has 0 radical (unpaired) electrons. The van der Waals surface area contributed by atoms with E-state index in [4.69, 9.17) is 4.42 Å². The molecule has 1 aromatic heterocycles. The van der Waals surface area contributed by atoms with Crippen molar-refractivity contribution in [3.8, 4) is 0 Å². The summed E-state index contributed by atoms with van der Waals surface area (Å²) >= 11 is 0. The molecule has 2 heterocycles. The highest BCUT2D eigenvalue weighted by Crippen LogP contribution is 2.29. The van der Waals surface area contributed by atoms with Crippen LogP contribution in [0.3, 0.4) is 0 Å². The smallest absolute Gasteiger partial charge is 0.120 e. The first-order valence-electron chi connectivity index (χ1n) is 6.86. The third kappa shape index (κ3) is 2.72. The second-order valence-corrected chi connectivity index (χ2v) is 5.45. The van der Waals surface area contributed by atoms with Crippen LogP contribution in [0.25, 0.3) is 0 Å². The van der Waals surface area contributed by atoms with Crippen LogP contribution in [0.1, 0.15) is 44.4 Å². The maximum Gasteiger partial charge on any atom is 0.120 e. The van der Waals surface area contributed by atoms with Gasteiger partial charge in [-0.1, -0.05) is 0 Å². The van der Waals surface area contributed by atoms with E-state index in [1.54, 1.807) is 6.26 Å². The van der Waals surface area contributed by atoms with E-state index in [0.717, 1.165) is 11.8 Å². The van der Waals surface area contributed by atoms with Gasteiger partial charge < -0.3 is 14.6 Å². The monoisotopic (exact) mass is 234 g/mol. The average molecular weight is 234 g/mol. The molecule has 0 spiro atoms. The lowest BCUT2D eigenvalue weighted by Crippen LogP contribution is -2.43. The lowest BCUT2D eigenvalue weighted by atomic mass is 10.0. The summed E-state index contributed by atoms with van der Waals surface area (Å²) in [6.45, 7) is 4.73. The predicted octanol–water partition coefficient (Wildman–Crippen LogP) is 2.56. The second-order valence-electron chi connectivity index (χ2n) is 5.45. The molecule has 0 aromatic carbocycles. The van der Waals surface area contributed by atoms with Crippen LogP contribution < -0.4 is 5.32 Å². The molecule has 1 unspecified atom stereocenters. The molecule has 0 bridgehead atoms. The molecule has 2 fully saturated rings. The highest BCUT2D eigenvalue weighted by molar-refractivity contribution is 5.03. The first kappa shape index (κ1) is 11.3. The van der Waals surface area contributed by atoms with Crippen LogP contribution in [0.2, 0.25) is 0 Å². The van der Waals surface area contributed by atoms with Gasteiger partial charge in [-0.05, 0) is 57.8 Å². The van der Waals surface area contributed by atoms with Gasteiger partial charge in [0.2, 0.25) is 0 Å². The fourth-order valence-electron chi connectivity index (χ4n) is 2.84. The third-order valence-electron chi connectivity index (χ3n) is 4.05. The normalized spacial score (nSPS) is 25.0. The van der Waals surface area contributed by atoms with E-state index in [1.165, 1.54) is 38.8 Å². The van der Waals surface area contributed by atoms with Gasteiger partial charge in [-0.15, -0.1) is 0 Å². The number of rotatable bonds is 4. The molecule has 2 aliphatic rings. The van der Waals surface area contributed by atoms with Gasteiger partial charge >= 0.3 is 0 Å². The van der Waals surface area contributed by atoms with Crippen LogP contribution in [0.5, 0.6) is 0 Å². The van der Waals surface area contributed by atoms with Crippen molar-refractivity contribution in [3.05, 3.63) is 24.2 Å². The van der Waals surface area contributed by atoms with Crippen molar-refractivity contribution in [1.82, 2.24) is 10.2 Å². The first-order chi connectivity index (χ1) is 8.33. The van der Waals surface area contributed by atoms with Gasteiger partial charge in [0.15, 0.2) is 0 Å². The van der Waals surface area contributed by atoms with Crippen molar-refractivity contribution in [1.29, 1.82) is 0 Å². The molecule has 3 heteroatoms. The van der Waals surface area contributed by atoms with Crippen LogP contribution in [-0.2, 0) is 0 Å². The molecule has 1 aliphatic carbocycles. The van der Waals surface area contributed by atoms with Crippen molar-refractivity contribution in [2.45, 2.75) is 50.7 Å². The number of nitrogens with one attached hydrogen (secondary N) is 1. The molecule has 1 aromatic rings. The van der Waals surface area contributed by atoms with Crippen LogP contribution in [0.4, 0.5) is 0 Å². The minimum Gasteiger partial charge on any atom is -0.468 e. The van der Waals surface area contributed by atoms with Gasteiger partial charge in [0.05, 0.1) is 12.3 Å². The number of furan rings is 1. The lowest BCUT2D eigenvalue weighted by molar-refractivity contribution is 0.182. The molecule has 3 nitrogen and oxygen atoms in total. The molecular formula is C14H22N2O. The summed E-state index contributed by atoms with van der Waals surface area (Å²) < 4.78 is 5.43. The molecule has 3 rings (SSSR count). The zero-order valence-electron chi connectivity index (χ0n) is 10.6. The van der Waals surface area contributed by atoms with Crippen molar-refractivity contribution < 1.29 is 4.42 Å². The molecule has 1 saturated heterocycles. The van der Waals surface area contributed by atoms with Crippen LogP contribution >= 0.6 is 0 Å². The number of piperidine rings is 1. The Labute approximate surface area is 103 Å². The Morgan fingerprint density at radius 2 is 2.06 bits per heavy atom. The Kier molecular flexibility index (Phi) is 3.21. The summed E-state index contributed by atoms with van der Waals surface area (Å²) in [5.41, 5.74) is 0. The Hall–Kier alpha value is -0.800. The summed E-state index contributed by atoms with van der Waals surface area (Å²) in [6.07, 6.45) is 7.17. The zero-order valence-corrected chi connectivity index (χ0v) is 10.6. The molecule has 1 saturated carbocycles. The number of hydrogen-bond donors (Lipinski definition) is 1. The van der Waals surface area contributed by atoms with E-state index in [0.29, 0.717) is 12.1 Å². The number of likely N-dealkylation sites (tertiary alicyclic amines) is 1. The van der Waals surface area contributed by atoms with Crippen molar-refractivity contribution >= 4 is 0 Å². The van der Waals surface area contributed by atoms with E-state index in [9.17, 15) is 0 Å². The van der Waals surface area contributed by atoms with Crippen LogP contribution in [-0.4, -0.2) is 30.1 Å². The minimum atomic E-state index is 0.336. The van der Waals surface area contributed by atoms with Gasteiger partial charge in [0.25, 0.3) is 0 Å². The van der Waals surface area contributed by atoms with E-state index < -0.39 is 0 Å². The fraction of sp³-hybridized carbons (Fsp3) is 0.714. The average Bonchev–Trinajstić information content (AvgIpc) is 3.05. The van der Waals surface area contributed by atoms with E-state index in [-0.39, 0.29) is 0 Å². The van der Waals surface area contributed by atoms with Crippen molar-refractivity contribution in [2.24, 2.45) is 0 Å². The predicted molar refractivity (Wildman–Crippen MR) is 67.9 cm³/mol. The molecule has 1 atom stereocenters. The summed E-state index contributed by atoms with van der Waals surface area (Å²) in [7, 11) is 0. The topological polar surface area (TPSA) is 28.4 Å². The highest BCUT2D eigenvalue weighted by Gasteiger charge is 2.32. The van der Waals surface area contributed by atoms with Gasteiger partial charge in [0, 0.05) is 12.1 Å². The minimum absolute atomic E-state index is 0.336. The first-order valence-corrected chi connectivity index (χ1v) is 6.86. The van der Waals surface area contributed by atoms with E-state index in [2.05, 4.69) is 23.2 Å². The van der Waals surface area contributed by atoms with Crippen LogP contribution in [0.15, 0.2) is 22.8 Å². The molecule has 0 amide bonds. The molecule has 17 heavy (non-hydrogen) atoms. The molecule has 1 aliphatic heterocycles. The summed E-state index contributed by atoms with van der Waals surface area (Å²) in [5, 5.41) is 3.68. The largest absolute Gasteiger partial charge is 0.468 e. The fourth-order valence-corrected chi connectivity index (χ4v) is 2.84. The standard InChI is InChI=1S/C14H22N2O/c1-11(14-3-2-10-17-14)15-12-6-8-16(9-7-12)13-4-5-13/h2-3,10-13,15H,4-9H2,1H3. The Morgan fingerprint density at radius 1 is 1.29 bits per heavy atom.